The van der Waals surface area contributed by atoms with Crippen molar-refractivity contribution in [3.63, 3.8) is 0 Å². The maximum Gasteiger partial charge on any atom is 0.488 e. The van der Waals surface area contributed by atoms with Crippen LogP contribution in [0.1, 0.15) is 13.8 Å². The quantitative estimate of drug-likeness (QED) is 0.447. The monoisotopic (exact) mass is 367 g/mol. The molecule has 0 fully saturated rings. The Morgan fingerprint density at radius 2 is 1.29 bits per heavy atom. The van der Waals surface area contributed by atoms with Gasteiger partial charge in [0.2, 0.25) is 0 Å². The molecule has 0 saturated carbocycles. The summed E-state index contributed by atoms with van der Waals surface area (Å²) in [6.45, 7) is 4.00. The Hall–Kier alpha value is -3.08. The van der Waals surface area contributed by atoms with Gasteiger partial charge in [-0.05, 0) is 40.5 Å². The highest BCUT2D eigenvalue weighted by Crippen LogP contribution is 2.36. The van der Waals surface area contributed by atoms with Gasteiger partial charge in [0.1, 0.15) is 0 Å². The molecule has 4 aromatic carbocycles. The highest BCUT2D eigenvalue weighted by molar-refractivity contribution is 6.58. The molecule has 0 bridgehead atoms. The number of fused-ring (bicyclic) bond motifs is 5. The molecule has 0 amide bonds. The average Bonchev–Trinajstić information content (AvgIpc) is 3.10. The third-order valence-electron chi connectivity index (χ3n) is 5.01. The molecule has 2 N–H and O–H groups in total. The lowest BCUT2D eigenvalue weighted by Gasteiger charge is -2.09. The van der Waals surface area contributed by atoms with Gasteiger partial charge < -0.3 is 14.6 Å². The van der Waals surface area contributed by atoms with Gasteiger partial charge in [-0.2, -0.15) is 0 Å². The molecule has 1 aromatic heterocycles. The topological polar surface area (TPSA) is 45.4 Å². The van der Waals surface area contributed by atoms with Crippen molar-refractivity contribution in [2.24, 2.45) is 0 Å². The van der Waals surface area contributed by atoms with Crippen molar-refractivity contribution in [3.05, 3.63) is 84.9 Å². The zero-order valence-corrected chi connectivity index (χ0v) is 16.0. The van der Waals surface area contributed by atoms with Gasteiger partial charge in [-0.1, -0.05) is 74.5 Å². The van der Waals surface area contributed by atoms with Gasteiger partial charge in [-0.15, -0.1) is 0 Å². The minimum Gasteiger partial charge on any atom is -0.423 e. The average molecular weight is 367 g/mol. The van der Waals surface area contributed by atoms with Gasteiger partial charge in [0.05, 0.1) is 11.0 Å². The van der Waals surface area contributed by atoms with Crippen LogP contribution in [-0.4, -0.2) is 21.7 Å². The number of para-hydroxylation sites is 1. The summed E-state index contributed by atoms with van der Waals surface area (Å²) in [6.07, 6.45) is 0. The van der Waals surface area contributed by atoms with Gasteiger partial charge >= 0.3 is 7.12 Å². The van der Waals surface area contributed by atoms with Crippen molar-refractivity contribution in [2.45, 2.75) is 13.8 Å². The summed E-state index contributed by atoms with van der Waals surface area (Å²) in [5.74, 6) is 0. The van der Waals surface area contributed by atoms with Crippen LogP contribution in [0, 0.1) is 0 Å². The Morgan fingerprint density at radius 3 is 2.00 bits per heavy atom. The Bertz CT molecular complexity index is 1260. The zero-order valence-electron chi connectivity index (χ0n) is 16.0. The second-order valence-corrected chi connectivity index (χ2v) is 6.50. The van der Waals surface area contributed by atoms with Crippen LogP contribution < -0.4 is 5.46 Å². The summed E-state index contributed by atoms with van der Waals surface area (Å²) in [6, 6.07) is 28.5. The lowest BCUT2D eigenvalue weighted by molar-refractivity contribution is 0.426. The second-order valence-electron chi connectivity index (χ2n) is 6.50. The van der Waals surface area contributed by atoms with E-state index in [2.05, 4.69) is 59.2 Å². The maximum absolute atomic E-state index is 9.36. The molecule has 0 spiro atoms. The number of hydrogen-bond donors (Lipinski definition) is 2. The Kier molecular flexibility index (Phi) is 4.91. The van der Waals surface area contributed by atoms with E-state index in [9.17, 15) is 10.0 Å². The van der Waals surface area contributed by atoms with E-state index < -0.39 is 7.12 Å². The lowest BCUT2D eigenvalue weighted by Crippen LogP contribution is -2.29. The summed E-state index contributed by atoms with van der Waals surface area (Å²) in [5, 5.41) is 23.6. The molecular weight excluding hydrogens is 345 g/mol. The van der Waals surface area contributed by atoms with Crippen molar-refractivity contribution < 1.29 is 10.0 Å². The number of hydrogen-bond acceptors (Lipinski definition) is 2. The zero-order chi connectivity index (χ0) is 19.7. The first-order valence-electron chi connectivity index (χ1n) is 9.61. The highest BCUT2D eigenvalue weighted by atomic mass is 16.4. The standard InChI is InChI=1S/C22H16BNO2.C2H6/c25-23(26)16-10-12-17(13-11-16)24-20-8-4-3-7-19(20)22-18-6-2-1-5-15(18)9-14-21(22)24;1-2/h1-14,25-26H;1-2H3. The van der Waals surface area contributed by atoms with Crippen LogP contribution in [0.5, 0.6) is 0 Å². The second kappa shape index (κ2) is 7.51. The third kappa shape index (κ3) is 2.87. The van der Waals surface area contributed by atoms with Crippen molar-refractivity contribution >= 4 is 45.2 Å². The molecule has 0 aliphatic rings. The molecule has 138 valence electrons. The normalized spacial score (nSPS) is 10.9. The molecule has 3 nitrogen and oxygen atoms in total. The molecule has 0 unspecified atom stereocenters. The van der Waals surface area contributed by atoms with Gasteiger partial charge in [0.25, 0.3) is 0 Å². The molecule has 0 saturated heterocycles. The van der Waals surface area contributed by atoms with E-state index in [4.69, 9.17) is 0 Å². The van der Waals surface area contributed by atoms with Crippen LogP contribution in [-0.2, 0) is 0 Å². The van der Waals surface area contributed by atoms with E-state index in [-0.39, 0.29) is 0 Å². The number of benzene rings is 4. The SMILES string of the molecule is CC.OB(O)c1ccc(-n2c3ccccc3c3c4ccccc4ccc32)cc1. The first-order chi connectivity index (χ1) is 13.7. The van der Waals surface area contributed by atoms with Crippen LogP contribution in [0.4, 0.5) is 0 Å². The highest BCUT2D eigenvalue weighted by Gasteiger charge is 2.15. The van der Waals surface area contributed by atoms with Gasteiger partial charge in [0.15, 0.2) is 0 Å². The lowest BCUT2D eigenvalue weighted by atomic mass is 9.80. The van der Waals surface area contributed by atoms with Crippen LogP contribution >= 0.6 is 0 Å². The van der Waals surface area contributed by atoms with E-state index in [1.54, 1.807) is 12.1 Å². The van der Waals surface area contributed by atoms with Crippen molar-refractivity contribution in [1.82, 2.24) is 4.57 Å². The minimum atomic E-state index is -1.45. The van der Waals surface area contributed by atoms with Crippen molar-refractivity contribution in [3.8, 4) is 5.69 Å². The molecule has 0 radical (unpaired) electrons. The molecule has 0 atom stereocenters. The van der Waals surface area contributed by atoms with Crippen LogP contribution in [0.3, 0.4) is 0 Å². The van der Waals surface area contributed by atoms with E-state index >= 15 is 0 Å². The fraction of sp³-hybridized carbons (Fsp3) is 0.0833. The van der Waals surface area contributed by atoms with Gasteiger partial charge in [0, 0.05) is 16.5 Å². The fourth-order valence-corrected chi connectivity index (χ4v) is 3.81. The third-order valence-corrected chi connectivity index (χ3v) is 5.01. The smallest absolute Gasteiger partial charge is 0.423 e. The molecule has 1 heterocycles. The molecule has 0 aliphatic heterocycles. The Balaban J connectivity index is 0.000000932. The van der Waals surface area contributed by atoms with E-state index in [0.29, 0.717) is 5.46 Å². The van der Waals surface area contributed by atoms with E-state index in [1.807, 2.05) is 32.0 Å². The predicted octanol–water partition coefficient (Wildman–Crippen LogP) is 4.64. The minimum absolute atomic E-state index is 0.486. The Morgan fingerprint density at radius 1 is 0.643 bits per heavy atom. The summed E-state index contributed by atoms with van der Waals surface area (Å²) in [4.78, 5) is 0. The van der Waals surface area contributed by atoms with Crippen LogP contribution in [0.15, 0.2) is 84.9 Å². The fourth-order valence-electron chi connectivity index (χ4n) is 3.81. The molecule has 5 aromatic rings. The van der Waals surface area contributed by atoms with E-state index in [0.717, 1.165) is 16.7 Å². The van der Waals surface area contributed by atoms with E-state index in [1.165, 1.54) is 21.5 Å². The molecule has 28 heavy (non-hydrogen) atoms. The molecular formula is C24H22BNO2. The van der Waals surface area contributed by atoms with Gasteiger partial charge in [-0.25, -0.2) is 0 Å². The summed E-state index contributed by atoms with van der Waals surface area (Å²) < 4.78 is 2.23. The number of rotatable bonds is 2. The largest absolute Gasteiger partial charge is 0.488 e. The van der Waals surface area contributed by atoms with Crippen LogP contribution in [0.25, 0.3) is 38.3 Å². The maximum atomic E-state index is 9.36. The molecule has 5 rings (SSSR count). The molecule has 4 heteroatoms. The van der Waals surface area contributed by atoms with Crippen molar-refractivity contribution in [1.29, 1.82) is 0 Å². The first-order valence-corrected chi connectivity index (χ1v) is 9.61. The number of nitrogens with zero attached hydrogens (tertiary/aromatic N) is 1. The van der Waals surface area contributed by atoms with Gasteiger partial charge in [-0.3, -0.25) is 0 Å². The Labute approximate surface area is 164 Å². The summed E-state index contributed by atoms with van der Waals surface area (Å²) >= 11 is 0. The summed E-state index contributed by atoms with van der Waals surface area (Å²) in [7, 11) is -1.45. The van der Waals surface area contributed by atoms with Crippen molar-refractivity contribution in [2.75, 3.05) is 0 Å². The first kappa shape index (κ1) is 18.3. The summed E-state index contributed by atoms with van der Waals surface area (Å²) in [5.41, 5.74) is 3.76. The number of aromatic nitrogens is 1. The van der Waals surface area contributed by atoms with Crippen LogP contribution in [0.2, 0.25) is 0 Å². The molecule has 0 aliphatic carbocycles. The predicted molar refractivity (Wildman–Crippen MR) is 119 cm³/mol.